The van der Waals surface area contributed by atoms with E-state index < -0.39 is 11.3 Å². The molecule has 1 aromatic rings. The summed E-state index contributed by atoms with van der Waals surface area (Å²) in [5.41, 5.74) is 9.20. The molecule has 0 saturated heterocycles. The van der Waals surface area contributed by atoms with E-state index >= 15 is 0 Å². The van der Waals surface area contributed by atoms with Gasteiger partial charge in [0.2, 0.25) is 5.91 Å². The van der Waals surface area contributed by atoms with Crippen LogP contribution in [-0.4, -0.2) is 11.8 Å². The Morgan fingerprint density at radius 1 is 1.37 bits per heavy atom. The van der Waals surface area contributed by atoms with Gasteiger partial charge in [-0.3, -0.25) is 4.79 Å². The standard InChI is InChI=1S/C14H17N2O2.Y/c1-3-12(17)16-11-5-4-9-7-14(2,13(15)18)8-10(9)6-11;/h4-6H,2-3,7-8H2,1H3,(H3,15,16,17,18);/q-1;/p-1. The minimum Gasteiger partial charge on any atom is -0.670 e. The summed E-state index contributed by atoms with van der Waals surface area (Å²) in [7, 11) is 0. The molecule has 1 radical (unpaired) electrons. The first-order chi connectivity index (χ1) is 8.44. The third kappa shape index (κ3) is 3.43. The van der Waals surface area contributed by atoms with Crippen molar-refractivity contribution in [2.24, 2.45) is 5.41 Å². The maximum atomic E-state index is 11.3. The monoisotopic (exact) mass is 333 g/mol. The van der Waals surface area contributed by atoms with Crippen LogP contribution in [0.1, 0.15) is 24.5 Å². The number of hydrogen-bond donors (Lipinski definition) is 1. The predicted octanol–water partition coefficient (Wildman–Crippen LogP) is 2.53. The first-order valence-corrected chi connectivity index (χ1v) is 5.97. The fraction of sp³-hybridized carbons (Fsp3) is 0.357. The van der Waals surface area contributed by atoms with Gasteiger partial charge in [-0.05, 0) is 36.1 Å². The van der Waals surface area contributed by atoms with Crippen LogP contribution in [0.15, 0.2) is 18.2 Å². The van der Waals surface area contributed by atoms with Crippen molar-refractivity contribution in [3.05, 3.63) is 42.0 Å². The van der Waals surface area contributed by atoms with Gasteiger partial charge in [0.05, 0.1) is 0 Å². The zero-order valence-corrected chi connectivity index (χ0v) is 13.8. The van der Waals surface area contributed by atoms with Crippen molar-refractivity contribution in [3.63, 3.8) is 0 Å². The van der Waals surface area contributed by atoms with Crippen LogP contribution >= 0.6 is 0 Å². The minimum absolute atomic E-state index is 0. The van der Waals surface area contributed by atoms with Crippen LogP contribution in [0.3, 0.4) is 0 Å². The van der Waals surface area contributed by atoms with Crippen LogP contribution < -0.4 is 5.32 Å². The Morgan fingerprint density at radius 2 is 2.00 bits per heavy atom. The van der Waals surface area contributed by atoms with Gasteiger partial charge < -0.3 is 22.8 Å². The topological polar surface area (TPSA) is 70.0 Å². The summed E-state index contributed by atoms with van der Waals surface area (Å²) in [6.45, 7) is 5.66. The average Bonchev–Trinajstić information content (AvgIpc) is 2.66. The van der Waals surface area contributed by atoms with Gasteiger partial charge >= 0.3 is 0 Å². The minimum atomic E-state index is -0.851. The number of carbonyl (C=O) groups is 2. The van der Waals surface area contributed by atoms with E-state index in [2.05, 4.69) is 12.2 Å². The van der Waals surface area contributed by atoms with Crippen LogP contribution in [0.4, 0.5) is 5.69 Å². The largest absolute Gasteiger partial charge is 0.670 e. The summed E-state index contributed by atoms with van der Waals surface area (Å²) in [5.74, 6) is -0.664. The molecular weight excluding hydrogens is 317 g/mol. The molecule has 1 aromatic carbocycles. The quantitative estimate of drug-likeness (QED) is 0.864. The first kappa shape index (κ1) is 16.3. The Bertz CT molecular complexity index is 516. The Kier molecular flexibility index (Phi) is 5.28. The van der Waals surface area contributed by atoms with Gasteiger partial charge in [0.1, 0.15) is 0 Å². The van der Waals surface area contributed by atoms with Gasteiger partial charge in [-0.25, -0.2) is 0 Å². The molecule has 0 aliphatic heterocycles. The molecule has 0 heterocycles. The summed E-state index contributed by atoms with van der Waals surface area (Å²) in [6, 6.07) is 5.60. The third-order valence-electron chi connectivity index (χ3n) is 3.35. The van der Waals surface area contributed by atoms with Gasteiger partial charge in [0, 0.05) is 50.7 Å². The second kappa shape index (κ2) is 6.14. The summed E-state index contributed by atoms with van der Waals surface area (Å²) >= 11 is 0. The molecule has 5 heteroatoms. The zero-order chi connectivity index (χ0) is 13.3. The number of nitrogens with one attached hydrogen (secondary N) is 2. The summed E-state index contributed by atoms with van der Waals surface area (Å²) in [4.78, 5) is 22.6. The van der Waals surface area contributed by atoms with Crippen LogP contribution in [0.5, 0.6) is 0 Å². The third-order valence-corrected chi connectivity index (χ3v) is 3.35. The van der Waals surface area contributed by atoms with Crippen molar-refractivity contribution < 1.29 is 42.3 Å². The smallest absolute Gasteiger partial charge is 0.224 e. The molecule has 19 heavy (non-hydrogen) atoms. The van der Waals surface area contributed by atoms with E-state index in [1.165, 1.54) is 0 Å². The van der Waals surface area contributed by atoms with Crippen molar-refractivity contribution in [3.8, 4) is 0 Å². The Morgan fingerprint density at radius 3 is 2.58 bits per heavy atom. The number of fused-ring (bicyclic) bond motifs is 1. The second-order valence-electron chi connectivity index (χ2n) is 4.85. The number of amides is 2. The van der Waals surface area contributed by atoms with Gasteiger partial charge in [-0.1, -0.05) is 13.0 Å². The van der Waals surface area contributed by atoms with Crippen LogP contribution in [0.2, 0.25) is 0 Å². The molecule has 2 rings (SSSR count). The molecule has 0 bridgehead atoms. The van der Waals surface area contributed by atoms with E-state index in [0.717, 1.165) is 16.8 Å². The molecule has 0 aromatic heterocycles. The molecule has 0 fully saturated rings. The van der Waals surface area contributed by atoms with Crippen molar-refractivity contribution in [2.75, 3.05) is 5.32 Å². The Balaban J connectivity index is 0.00000180. The molecule has 1 aliphatic rings. The van der Waals surface area contributed by atoms with E-state index in [9.17, 15) is 9.59 Å². The molecule has 0 spiro atoms. The molecule has 2 N–H and O–H groups in total. The number of anilines is 1. The van der Waals surface area contributed by atoms with E-state index in [0.29, 0.717) is 19.3 Å². The van der Waals surface area contributed by atoms with E-state index in [1.54, 1.807) is 6.92 Å². The number of carbonyl (C=O) groups excluding carboxylic acids is 2. The van der Waals surface area contributed by atoms with Crippen LogP contribution in [-0.2, 0) is 55.1 Å². The summed E-state index contributed by atoms with van der Waals surface area (Å²) in [5, 5.41) is 2.79. The van der Waals surface area contributed by atoms with Crippen molar-refractivity contribution in [1.29, 1.82) is 0 Å². The maximum absolute atomic E-state index is 11.3. The Labute approximate surface area is 138 Å². The predicted molar refractivity (Wildman–Crippen MR) is 69.9 cm³/mol. The van der Waals surface area contributed by atoms with Gasteiger partial charge in [-0.2, -0.15) is 0 Å². The summed E-state index contributed by atoms with van der Waals surface area (Å²) < 4.78 is 0. The normalized spacial score (nSPS) is 20.3. The van der Waals surface area contributed by atoms with Gasteiger partial charge in [0.15, 0.2) is 0 Å². The molecule has 2 amide bonds. The number of hydrogen-bond acceptors (Lipinski definition) is 2. The zero-order valence-electron chi connectivity index (χ0n) is 11.0. The average molecular weight is 333 g/mol. The molecule has 1 aliphatic carbocycles. The molecule has 99 valence electrons. The maximum Gasteiger partial charge on any atom is 0.224 e. The van der Waals surface area contributed by atoms with Gasteiger partial charge in [-0.15, -0.1) is 5.41 Å². The molecule has 0 saturated carbocycles. The van der Waals surface area contributed by atoms with Crippen molar-refractivity contribution >= 4 is 17.5 Å². The van der Waals surface area contributed by atoms with Crippen LogP contribution in [0.25, 0.3) is 5.73 Å². The van der Waals surface area contributed by atoms with Crippen LogP contribution in [0, 0.1) is 12.3 Å². The Hall–Kier alpha value is -0.736. The SMILES string of the molecule is [CH2-]C1(C([NH-])=O)Cc2ccc(NC(=O)CC)cc2C1.[Y]. The van der Waals surface area contributed by atoms with E-state index in [1.807, 2.05) is 18.2 Å². The van der Waals surface area contributed by atoms with Crippen molar-refractivity contribution in [2.45, 2.75) is 26.2 Å². The van der Waals surface area contributed by atoms with E-state index in [-0.39, 0.29) is 38.6 Å². The van der Waals surface area contributed by atoms with Gasteiger partial charge in [0.25, 0.3) is 0 Å². The molecule has 1 atom stereocenters. The van der Waals surface area contributed by atoms with Crippen molar-refractivity contribution in [1.82, 2.24) is 0 Å². The molecule has 4 nitrogen and oxygen atoms in total. The molecule has 1 unspecified atom stereocenters. The van der Waals surface area contributed by atoms with E-state index in [4.69, 9.17) is 5.73 Å². The fourth-order valence-electron chi connectivity index (χ4n) is 2.24. The fourth-order valence-corrected chi connectivity index (χ4v) is 2.24. The molecular formula is C14H16N2O2Y-2. The second-order valence-corrected chi connectivity index (χ2v) is 4.85. The number of rotatable bonds is 3. The number of benzene rings is 1. The summed E-state index contributed by atoms with van der Waals surface area (Å²) in [6.07, 6.45) is 1.41. The first-order valence-electron chi connectivity index (χ1n) is 5.97.